The lowest BCUT2D eigenvalue weighted by Gasteiger charge is -2.16. The van der Waals surface area contributed by atoms with E-state index >= 15 is 0 Å². The van der Waals surface area contributed by atoms with Gasteiger partial charge in [0.05, 0.1) is 22.2 Å². The van der Waals surface area contributed by atoms with Crippen LogP contribution in [0, 0.1) is 10.1 Å². The fourth-order valence-electron chi connectivity index (χ4n) is 2.20. The van der Waals surface area contributed by atoms with E-state index in [0.29, 0.717) is 5.69 Å². The molecule has 2 rings (SSSR count). The Morgan fingerprint density at radius 1 is 1.28 bits per heavy atom. The normalized spacial score (nSPS) is 10.7. The highest BCUT2D eigenvalue weighted by molar-refractivity contribution is 9.10. The van der Waals surface area contributed by atoms with Crippen LogP contribution in [0.25, 0.3) is 0 Å². The molecule has 0 radical (unpaired) electrons. The average Bonchev–Trinajstić information content (AvgIpc) is 2.56. The summed E-state index contributed by atoms with van der Waals surface area (Å²) in [4.78, 5) is 24.2. The molecule has 1 N–H and O–H groups in total. The first-order valence-corrected chi connectivity index (χ1v) is 8.69. The van der Waals surface area contributed by atoms with Gasteiger partial charge in [0.15, 0.2) is 0 Å². The number of nitro benzene ring substituents is 1. The highest BCUT2D eigenvalue weighted by atomic mass is 79.9. The fourth-order valence-corrected chi connectivity index (χ4v) is 2.69. The molecule has 0 unspecified atom stereocenters. The Hall–Kier alpha value is -1.96. The van der Waals surface area contributed by atoms with Gasteiger partial charge in [0.25, 0.3) is 5.69 Å². The molecule has 25 heavy (non-hydrogen) atoms. The Morgan fingerprint density at radius 3 is 2.56 bits per heavy atom. The fraction of sp³-hybridized carbons (Fsp3) is 0.235. The van der Waals surface area contributed by atoms with Gasteiger partial charge in [-0.15, -0.1) is 0 Å². The number of nitro groups is 1. The summed E-state index contributed by atoms with van der Waals surface area (Å²) in [5, 5.41) is 13.5. The summed E-state index contributed by atoms with van der Waals surface area (Å²) in [5.74, 6) is -0.228. The topological polar surface area (TPSA) is 75.5 Å². The first kappa shape index (κ1) is 19.4. The number of nitrogens with one attached hydrogen (secondary N) is 1. The van der Waals surface area contributed by atoms with E-state index in [4.69, 9.17) is 11.6 Å². The lowest BCUT2D eigenvalue weighted by atomic mass is 10.1. The Bertz CT molecular complexity index is 768. The maximum atomic E-state index is 12.1. The van der Waals surface area contributed by atoms with Crippen molar-refractivity contribution in [2.45, 2.75) is 6.42 Å². The Labute approximate surface area is 159 Å². The van der Waals surface area contributed by atoms with Gasteiger partial charge in [-0.2, -0.15) is 0 Å². The second-order valence-corrected chi connectivity index (χ2v) is 6.91. The third-order valence-corrected chi connectivity index (χ3v) is 4.39. The van der Waals surface area contributed by atoms with Gasteiger partial charge in [-0.1, -0.05) is 39.7 Å². The number of likely N-dealkylation sites (N-methyl/N-ethyl adjacent to an activating group) is 1. The molecule has 0 aliphatic heterocycles. The molecule has 2 aromatic carbocycles. The predicted molar refractivity (Wildman–Crippen MR) is 102 cm³/mol. The Kier molecular flexibility index (Phi) is 6.92. The summed E-state index contributed by atoms with van der Waals surface area (Å²) in [6.45, 7) is 0.924. The number of non-ortho nitro benzene ring substituents is 1. The van der Waals surface area contributed by atoms with Crippen LogP contribution in [-0.2, 0) is 11.2 Å². The molecule has 0 saturated carbocycles. The van der Waals surface area contributed by atoms with Crippen molar-refractivity contribution in [1.82, 2.24) is 4.90 Å². The van der Waals surface area contributed by atoms with Crippen LogP contribution in [0.5, 0.6) is 0 Å². The number of halogens is 2. The number of anilines is 1. The number of amides is 1. The van der Waals surface area contributed by atoms with Gasteiger partial charge in [0, 0.05) is 23.2 Å². The molecular formula is C17H17BrClN3O3. The summed E-state index contributed by atoms with van der Waals surface area (Å²) < 4.78 is 1.03. The minimum atomic E-state index is -0.534. The van der Waals surface area contributed by atoms with Crippen LogP contribution in [0.3, 0.4) is 0 Å². The highest BCUT2D eigenvalue weighted by Gasteiger charge is 2.12. The molecule has 0 heterocycles. The molecule has 0 saturated heterocycles. The number of rotatable bonds is 7. The lowest BCUT2D eigenvalue weighted by Crippen LogP contribution is -2.31. The van der Waals surface area contributed by atoms with Crippen LogP contribution in [0.15, 0.2) is 46.9 Å². The van der Waals surface area contributed by atoms with Crippen LogP contribution in [0.2, 0.25) is 5.02 Å². The first-order chi connectivity index (χ1) is 11.8. The van der Waals surface area contributed by atoms with Gasteiger partial charge < -0.3 is 5.32 Å². The molecule has 2 aromatic rings. The van der Waals surface area contributed by atoms with Crippen molar-refractivity contribution >= 4 is 44.8 Å². The van der Waals surface area contributed by atoms with Gasteiger partial charge >= 0.3 is 0 Å². The summed E-state index contributed by atoms with van der Waals surface area (Å²) in [6.07, 6.45) is 0.829. The molecule has 0 bridgehead atoms. The third kappa shape index (κ3) is 6.12. The summed E-state index contributed by atoms with van der Waals surface area (Å²) in [5.41, 5.74) is 1.43. The van der Waals surface area contributed by atoms with Crippen LogP contribution < -0.4 is 5.32 Å². The van der Waals surface area contributed by atoms with Crippen molar-refractivity contribution in [3.63, 3.8) is 0 Å². The molecule has 0 fully saturated rings. The SMILES string of the molecule is CN(CCc1ccc(Br)cc1)CC(=O)Nc1ccc([N+](=O)[O-])cc1Cl. The zero-order chi connectivity index (χ0) is 18.4. The van der Waals surface area contributed by atoms with Gasteiger partial charge in [-0.25, -0.2) is 0 Å². The number of carbonyl (C=O) groups is 1. The van der Waals surface area contributed by atoms with Crippen molar-refractivity contribution in [1.29, 1.82) is 0 Å². The molecule has 0 aliphatic rings. The van der Waals surface area contributed by atoms with Gasteiger partial charge in [0.1, 0.15) is 0 Å². The summed E-state index contributed by atoms with van der Waals surface area (Å²) >= 11 is 9.37. The zero-order valence-corrected chi connectivity index (χ0v) is 15.9. The molecule has 6 nitrogen and oxygen atoms in total. The summed E-state index contributed by atoms with van der Waals surface area (Å²) in [6, 6.07) is 12.0. The van der Waals surface area contributed by atoms with Crippen molar-refractivity contribution < 1.29 is 9.72 Å². The van der Waals surface area contributed by atoms with Crippen molar-refractivity contribution in [2.24, 2.45) is 0 Å². The largest absolute Gasteiger partial charge is 0.324 e. The van der Waals surface area contributed by atoms with E-state index in [2.05, 4.69) is 21.2 Å². The number of benzene rings is 2. The molecule has 132 valence electrons. The molecule has 0 atom stereocenters. The summed E-state index contributed by atoms with van der Waals surface area (Å²) in [7, 11) is 1.86. The minimum Gasteiger partial charge on any atom is -0.324 e. The highest BCUT2D eigenvalue weighted by Crippen LogP contribution is 2.26. The minimum absolute atomic E-state index is 0.116. The van der Waals surface area contributed by atoms with Crippen LogP contribution >= 0.6 is 27.5 Å². The van der Waals surface area contributed by atoms with Crippen LogP contribution in [0.1, 0.15) is 5.56 Å². The lowest BCUT2D eigenvalue weighted by molar-refractivity contribution is -0.384. The monoisotopic (exact) mass is 425 g/mol. The van der Waals surface area contributed by atoms with Crippen molar-refractivity contribution in [2.75, 3.05) is 25.5 Å². The smallest absolute Gasteiger partial charge is 0.271 e. The van der Waals surface area contributed by atoms with Crippen molar-refractivity contribution in [3.8, 4) is 0 Å². The molecule has 0 aliphatic carbocycles. The average molecular weight is 427 g/mol. The number of nitrogens with zero attached hydrogens (tertiary/aromatic N) is 2. The molecule has 0 spiro atoms. The van der Waals surface area contributed by atoms with Crippen molar-refractivity contribution in [3.05, 3.63) is 67.6 Å². The predicted octanol–water partition coefficient (Wildman–Crippen LogP) is 4.12. The van der Waals surface area contributed by atoms with E-state index in [0.717, 1.165) is 17.4 Å². The van der Waals surface area contributed by atoms with E-state index in [1.807, 2.05) is 36.2 Å². The second-order valence-electron chi connectivity index (χ2n) is 5.58. The number of carbonyl (C=O) groups excluding carboxylic acids is 1. The van der Waals surface area contributed by atoms with E-state index in [1.165, 1.54) is 23.8 Å². The van der Waals surface area contributed by atoms with Gasteiger partial charge in [-0.05, 0) is 37.2 Å². The van der Waals surface area contributed by atoms with E-state index < -0.39 is 4.92 Å². The van der Waals surface area contributed by atoms with E-state index in [9.17, 15) is 14.9 Å². The molecule has 0 aromatic heterocycles. The number of hydrogen-bond donors (Lipinski definition) is 1. The zero-order valence-electron chi connectivity index (χ0n) is 13.5. The maximum Gasteiger partial charge on any atom is 0.271 e. The second kappa shape index (κ2) is 8.94. The van der Waals surface area contributed by atoms with Gasteiger partial charge in [-0.3, -0.25) is 19.8 Å². The quantitative estimate of drug-likeness (QED) is 0.534. The van der Waals surface area contributed by atoms with E-state index in [1.54, 1.807) is 0 Å². The Morgan fingerprint density at radius 2 is 1.96 bits per heavy atom. The third-order valence-electron chi connectivity index (χ3n) is 3.55. The molecule has 8 heteroatoms. The molecular weight excluding hydrogens is 410 g/mol. The first-order valence-electron chi connectivity index (χ1n) is 7.52. The number of hydrogen-bond acceptors (Lipinski definition) is 4. The standard InChI is InChI=1S/C17H17BrClN3O3/c1-21(9-8-12-2-4-13(18)5-3-12)11-17(23)20-16-7-6-14(22(24)25)10-15(16)19/h2-7,10H,8-9,11H2,1H3,(H,20,23). The maximum absolute atomic E-state index is 12.1. The Balaban J connectivity index is 1.85. The van der Waals surface area contributed by atoms with E-state index in [-0.39, 0.29) is 23.2 Å². The molecule has 1 amide bonds. The van der Waals surface area contributed by atoms with Crippen LogP contribution in [-0.4, -0.2) is 35.9 Å². The van der Waals surface area contributed by atoms with Gasteiger partial charge in [0.2, 0.25) is 5.91 Å². The van der Waals surface area contributed by atoms with Crippen LogP contribution in [0.4, 0.5) is 11.4 Å².